The summed E-state index contributed by atoms with van der Waals surface area (Å²) in [4.78, 5) is 15.7. The van der Waals surface area contributed by atoms with Crippen molar-refractivity contribution in [1.29, 1.82) is 0 Å². The minimum absolute atomic E-state index is 0.228. The quantitative estimate of drug-likeness (QED) is 0.840. The van der Waals surface area contributed by atoms with Crippen LogP contribution in [-0.4, -0.2) is 42.8 Å². The Labute approximate surface area is 125 Å². The number of hydrogen-bond donors (Lipinski definition) is 0. The minimum Gasteiger partial charge on any atom is -0.444 e. The zero-order chi connectivity index (χ0) is 15.8. The molecule has 4 nitrogen and oxygen atoms in total. The van der Waals surface area contributed by atoms with E-state index in [1.807, 2.05) is 34.7 Å². The lowest BCUT2D eigenvalue weighted by Gasteiger charge is -2.45. The lowest BCUT2D eigenvalue weighted by molar-refractivity contribution is 0.00852. The first kappa shape index (κ1) is 15.6. The SMILES string of the molecule is Cc1cc(F)ccc1N(C)C1CN(C(=O)OC(C)(C)C)C1. The van der Waals surface area contributed by atoms with Crippen LogP contribution < -0.4 is 4.90 Å². The number of ether oxygens (including phenoxy) is 1. The highest BCUT2D eigenvalue weighted by Gasteiger charge is 2.36. The highest BCUT2D eigenvalue weighted by Crippen LogP contribution is 2.26. The van der Waals surface area contributed by atoms with Gasteiger partial charge in [0.2, 0.25) is 0 Å². The molecule has 0 saturated carbocycles. The number of amides is 1. The standard InChI is InChI=1S/C16H23FN2O2/c1-11-8-12(17)6-7-14(11)18(5)13-9-19(10-13)15(20)21-16(2,3)4/h6-8,13H,9-10H2,1-5H3. The molecule has 0 N–H and O–H groups in total. The van der Waals surface area contributed by atoms with Crippen molar-refractivity contribution in [2.45, 2.75) is 39.3 Å². The first-order valence-corrected chi connectivity index (χ1v) is 7.14. The highest BCUT2D eigenvalue weighted by molar-refractivity contribution is 5.70. The van der Waals surface area contributed by atoms with Crippen molar-refractivity contribution < 1.29 is 13.9 Å². The second-order valence-electron chi connectivity index (χ2n) is 6.58. The molecule has 1 amide bonds. The van der Waals surface area contributed by atoms with Crippen molar-refractivity contribution in [3.63, 3.8) is 0 Å². The Bertz CT molecular complexity index is 534. The van der Waals surface area contributed by atoms with Gasteiger partial charge in [0, 0.05) is 25.8 Å². The van der Waals surface area contributed by atoms with Gasteiger partial charge in [-0.2, -0.15) is 0 Å². The van der Waals surface area contributed by atoms with Crippen molar-refractivity contribution >= 4 is 11.8 Å². The van der Waals surface area contributed by atoms with E-state index in [-0.39, 0.29) is 18.0 Å². The van der Waals surface area contributed by atoms with Crippen LogP contribution in [0.3, 0.4) is 0 Å². The van der Waals surface area contributed by atoms with Crippen LogP contribution in [0.25, 0.3) is 0 Å². The predicted octanol–water partition coefficient (Wildman–Crippen LogP) is 3.19. The van der Waals surface area contributed by atoms with E-state index in [1.54, 1.807) is 11.0 Å². The summed E-state index contributed by atoms with van der Waals surface area (Å²) in [5.41, 5.74) is 1.42. The molecular formula is C16H23FN2O2. The van der Waals surface area contributed by atoms with Crippen LogP contribution in [0.2, 0.25) is 0 Å². The average Bonchev–Trinajstić information content (AvgIpc) is 2.23. The Morgan fingerprint density at radius 1 is 1.38 bits per heavy atom. The van der Waals surface area contributed by atoms with Crippen molar-refractivity contribution in [2.24, 2.45) is 0 Å². The van der Waals surface area contributed by atoms with Gasteiger partial charge in [0.05, 0.1) is 6.04 Å². The molecule has 1 saturated heterocycles. The van der Waals surface area contributed by atoms with E-state index in [9.17, 15) is 9.18 Å². The van der Waals surface area contributed by atoms with Crippen LogP contribution in [0.1, 0.15) is 26.3 Å². The van der Waals surface area contributed by atoms with Crippen LogP contribution in [0.15, 0.2) is 18.2 Å². The van der Waals surface area contributed by atoms with Gasteiger partial charge in [-0.3, -0.25) is 0 Å². The predicted molar refractivity (Wildman–Crippen MR) is 81.1 cm³/mol. The summed E-state index contributed by atoms with van der Waals surface area (Å²) in [6, 6.07) is 5.00. The third-order valence-corrected chi connectivity index (χ3v) is 3.60. The van der Waals surface area contributed by atoms with Crippen molar-refractivity contribution in [2.75, 3.05) is 25.0 Å². The second-order valence-corrected chi connectivity index (χ2v) is 6.58. The van der Waals surface area contributed by atoms with E-state index in [2.05, 4.69) is 4.90 Å². The number of aryl methyl sites for hydroxylation is 1. The molecule has 1 aromatic rings. The number of halogens is 1. The molecule has 0 aromatic heterocycles. The van der Waals surface area contributed by atoms with Crippen LogP contribution in [0, 0.1) is 12.7 Å². The van der Waals surface area contributed by atoms with Crippen LogP contribution in [0.4, 0.5) is 14.9 Å². The van der Waals surface area contributed by atoms with Gasteiger partial charge in [-0.1, -0.05) is 0 Å². The zero-order valence-corrected chi connectivity index (χ0v) is 13.3. The molecule has 1 aliphatic heterocycles. The lowest BCUT2D eigenvalue weighted by atomic mass is 10.1. The monoisotopic (exact) mass is 294 g/mol. The molecule has 0 aliphatic carbocycles. The molecule has 0 radical (unpaired) electrons. The second kappa shape index (κ2) is 5.54. The average molecular weight is 294 g/mol. The summed E-state index contributed by atoms with van der Waals surface area (Å²) < 4.78 is 18.5. The third kappa shape index (κ3) is 3.65. The van der Waals surface area contributed by atoms with Crippen LogP contribution in [-0.2, 0) is 4.74 Å². The van der Waals surface area contributed by atoms with E-state index in [0.29, 0.717) is 13.1 Å². The van der Waals surface area contributed by atoms with E-state index >= 15 is 0 Å². The number of hydrogen-bond acceptors (Lipinski definition) is 3. The van der Waals surface area contributed by atoms with Crippen molar-refractivity contribution in [1.82, 2.24) is 4.90 Å². The summed E-state index contributed by atoms with van der Waals surface area (Å²) in [7, 11) is 1.97. The molecule has 5 heteroatoms. The Hall–Kier alpha value is -1.78. The number of likely N-dealkylation sites (N-methyl/N-ethyl adjacent to an activating group) is 1. The van der Waals surface area contributed by atoms with Gasteiger partial charge in [0.25, 0.3) is 0 Å². The molecule has 21 heavy (non-hydrogen) atoms. The highest BCUT2D eigenvalue weighted by atomic mass is 19.1. The molecule has 0 bridgehead atoms. The fourth-order valence-electron chi connectivity index (χ4n) is 2.39. The molecule has 116 valence electrons. The maximum absolute atomic E-state index is 13.1. The van der Waals surface area contributed by atoms with Crippen LogP contribution in [0.5, 0.6) is 0 Å². The van der Waals surface area contributed by atoms with Crippen molar-refractivity contribution in [3.05, 3.63) is 29.6 Å². The van der Waals surface area contributed by atoms with Crippen LogP contribution >= 0.6 is 0 Å². The summed E-state index contributed by atoms with van der Waals surface area (Å²) in [6.45, 7) is 8.71. The number of rotatable bonds is 2. The number of anilines is 1. The van der Waals surface area contributed by atoms with Gasteiger partial charge >= 0.3 is 6.09 Å². The lowest BCUT2D eigenvalue weighted by Crippen LogP contribution is -2.61. The molecule has 1 fully saturated rings. The largest absolute Gasteiger partial charge is 0.444 e. The number of carbonyl (C=O) groups excluding carboxylic acids is 1. The zero-order valence-electron chi connectivity index (χ0n) is 13.3. The first-order valence-electron chi connectivity index (χ1n) is 7.14. The van der Waals surface area contributed by atoms with Gasteiger partial charge in [0.15, 0.2) is 0 Å². The molecule has 0 atom stereocenters. The number of nitrogens with zero attached hydrogens (tertiary/aromatic N) is 2. The van der Waals surface area contributed by atoms with Gasteiger partial charge in [0.1, 0.15) is 11.4 Å². The Kier molecular flexibility index (Phi) is 4.12. The van der Waals surface area contributed by atoms with Gasteiger partial charge in [-0.05, 0) is 51.5 Å². The Balaban J connectivity index is 1.93. The normalized spacial score (nSPS) is 15.6. The summed E-state index contributed by atoms with van der Waals surface area (Å²) in [6.07, 6.45) is -0.275. The smallest absolute Gasteiger partial charge is 0.410 e. The number of benzene rings is 1. The molecule has 2 rings (SSSR count). The molecule has 1 aliphatic rings. The van der Waals surface area contributed by atoms with Gasteiger partial charge in [-0.25, -0.2) is 9.18 Å². The fraction of sp³-hybridized carbons (Fsp3) is 0.562. The summed E-state index contributed by atoms with van der Waals surface area (Å²) in [5.74, 6) is -0.228. The topological polar surface area (TPSA) is 32.8 Å². The molecule has 0 spiro atoms. The number of carbonyl (C=O) groups is 1. The Morgan fingerprint density at radius 2 is 2.00 bits per heavy atom. The minimum atomic E-state index is -0.471. The molecule has 0 unspecified atom stereocenters. The van der Waals surface area contributed by atoms with E-state index in [0.717, 1.165) is 11.3 Å². The van der Waals surface area contributed by atoms with Crippen molar-refractivity contribution in [3.8, 4) is 0 Å². The van der Waals surface area contributed by atoms with E-state index < -0.39 is 5.60 Å². The first-order chi connectivity index (χ1) is 9.67. The van der Waals surface area contributed by atoms with E-state index in [4.69, 9.17) is 4.74 Å². The Morgan fingerprint density at radius 3 is 2.52 bits per heavy atom. The third-order valence-electron chi connectivity index (χ3n) is 3.60. The van der Waals surface area contributed by atoms with Gasteiger partial charge in [-0.15, -0.1) is 0 Å². The fourth-order valence-corrected chi connectivity index (χ4v) is 2.39. The number of likely N-dealkylation sites (tertiary alicyclic amines) is 1. The molecule has 1 aromatic carbocycles. The van der Waals surface area contributed by atoms with Gasteiger partial charge < -0.3 is 14.5 Å². The van der Waals surface area contributed by atoms with E-state index in [1.165, 1.54) is 12.1 Å². The molecular weight excluding hydrogens is 271 g/mol. The molecule has 1 heterocycles. The summed E-state index contributed by atoms with van der Waals surface area (Å²) in [5, 5.41) is 0. The maximum Gasteiger partial charge on any atom is 0.410 e. The maximum atomic E-state index is 13.1. The summed E-state index contributed by atoms with van der Waals surface area (Å²) >= 11 is 0.